The van der Waals surface area contributed by atoms with Crippen LogP contribution in [0.5, 0.6) is 5.75 Å². The molecule has 0 saturated carbocycles. The van der Waals surface area contributed by atoms with Crippen LogP contribution in [-0.2, 0) is 6.42 Å². The monoisotopic (exact) mass is 418 g/mol. The van der Waals surface area contributed by atoms with E-state index in [9.17, 15) is 4.79 Å². The van der Waals surface area contributed by atoms with Gasteiger partial charge in [0.15, 0.2) is 5.13 Å². The summed E-state index contributed by atoms with van der Waals surface area (Å²) in [7, 11) is 0. The first-order chi connectivity index (χ1) is 12.0. The number of rotatable bonds is 3. The van der Waals surface area contributed by atoms with Gasteiger partial charge >= 0.3 is 0 Å². The molecule has 3 aromatic rings. The number of hydrogen-bond donors (Lipinski definition) is 1. The van der Waals surface area contributed by atoms with Crippen molar-refractivity contribution in [2.75, 3.05) is 11.9 Å². The second-order valence-electron chi connectivity index (χ2n) is 5.82. The van der Waals surface area contributed by atoms with Crippen LogP contribution in [0.4, 0.5) is 5.13 Å². The van der Waals surface area contributed by atoms with Gasteiger partial charge in [-0.1, -0.05) is 0 Å². The number of thiazole rings is 1. The van der Waals surface area contributed by atoms with Gasteiger partial charge in [0.25, 0.3) is 5.91 Å². The Morgan fingerprint density at radius 1 is 1.32 bits per heavy atom. The zero-order valence-corrected chi connectivity index (χ0v) is 16.1. The number of ether oxygens (including phenoxy) is 1. The molecule has 2 aromatic heterocycles. The van der Waals surface area contributed by atoms with E-state index in [0.29, 0.717) is 26.7 Å². The number of hydrogen-bond acceptors (Lipinski definition) is 5. The Bertz CT molecular complexity index is 977. The van der Waals surface area contributed by atoms with Crippen LogP contribution < -0.4 is 10.1 Å². The summed E-state index contributed by atoms with van der Waals surface area (Å²) in [4.78, 5) is 17.1. The van der Waals surface area contributed by atoms with Crippen LogP contribution in [0.2, 0.25) is 0 Å². The molecule has 1 N–H and O–H groups in total. The molecule has 1 amide bonds. The Labute approximate surface area is 157 Å². The van der Waals surface area contributed by atoms with E-state index in [1.165, 1.54) is 16.9 Å². The fraction of sp³-hybridized carbons (Fsp3) is 0.222. The van der Waals surface area contributed by atoms with Crippen molar-refractivity contribution in [3.05, 3.63) is 50.7 Å². The number of nitrogens with one attached hydrogen (secondary N) is 1. The fourth-order valence-corrected chi connectivity index (χ4v) is 4.14. The highest BCUT2D eigenvalue weighted by atomic mass is 79.9. The Hall–Kier alpha value is -2.12. The van der Waals surface area contributed by atoms with Crippen molar-refractivity contribution in [3.8, 4) is 17.0 Å². The number of aryl methyl sites for hydroxylation is 2. The zero-order chi connectivity index (χ0) is 17.6. The lowest BCUT2D eigenvalue weighted by atomic mass is 10.1. The molecule has 7 heteroatoms. The van der Waals surface area contributed by atoms with Crippen LogP contribution in [0.3, 0.4) is 0 Å². The van der Waals surface area contributed by atoms with Gasteiger partial charge in [-0.3, -0.25) is 10.1 Å². The molecule has 0 radical (unpaired) electrons. The van der Waals surface area contributed by atoms with Gasteiger partial charge in [-0.15, -0.1) is 11.3 Å². The second-order valence-corrected chi connectivity index (χ2v) is 7.47. The summed E-state index contributed by atoms with van der Waals surface area (Å²) in [6, 6.07) is 6.07. The molecule has 128 valence electrons. The van der Waals surface area contributed by atoms with Gasteiger partial charge in [0.1, 0.15) is 17.3 Å². The van der Waals surface area contributed by atoms with E-state index in [1.807, 2.05) is 24.4 Å². The quantitative estimate of drug-likeness (QED) is 0.651. The zero-order valence-electron chi connectivity index (χ0n) is 13.7. The van der Waals surface area contributed by atoms with E-state index >= 15 is 0 Å². The van der Waals surface area contributed by atoms with Gasteiger partial charge in [-0.05, 0) is 53.5 Å². The molecule has 1 aliphatic heterocycles. The number of benzene rings is 1. The van der Waals surface area contributed by atoms with Gasteiger partial charge in [0.2, 0.25) is 0 Å². The number of aromatic nitrogens is 1. The number of amides is 1. The predicted octanol–water partition coefficient (Wildman–Crippen LogP) is 4.97. The van der Waals surface area contributed by atoms with Crippen molar-refractivity contribution in [2.24, 2.45) is 0 Å². The molecule has 1 aliphatic rings. The first kappa shape index (κ1) is 16.4. The third kappa shape index (κ3) is 2.98. The van der Waals surface area contributed by atoms with E-state index < -0.39 is 0 Å². The molecular weight excluding hydrogens is 404 g/mol. The molecular formula is C18H15BrN2O3S. The van der Waals surface area contributed by atoms with Crippen molar-refractivity contribution in [3.63, 3.8) is 0 Å². The lowest BCUT2D eigenvalue weighted by molar-refractivity contribution is 0.102. The minimum Gasteiger partial charge on any atom is -0.493 e. The van der Waals surface area contributed by atoms with Crippen molar-refractivity contribution in [2.45, 2.75) is 20.3 Å². The minimum atomic E-state index is -0.232. The maximum atomic E-state index is 12.5. The summed E-state index contributed by atoms with van der Waals surface area (Å²) < 4.78 is 11.7. The summed E-state index contributed by atoms with van der Waals surface area (Å²) >= 11 is 4.80. The first-order valence-electron chi connectivity index (χ1n) is 7.81. The maximum Gasteiger partial charge on any atom is 0.262 e. The van der Waals surface area contributed by atoms with E-state index in [1.54, 1.807) is 6.92 Å². The molecule has 0 spiro atoms. The summed E-state index contributed by atoms with van der Waals surface area (Å²) in [5.41, 5.74) is 3.57. The number of anilines is 1. The number of nitrogens with zero attached hydrogens (tertiary/aromatic N) is 1. The Kier molecular flexibility index (Phi) is 4.13. The third-order valence-electron chi connectivity index (χ3n) is 4.12. The number of furan rings is 1. The summed E-state index contributed by atoms with van der Waals surface area (Å²) in [6.45, 7) is 4.31. The van der Waals surface area contributed by atoms with Gasteiger partial charge < -0.3 is 9.15 Å². The van der Waals surface area contributed by atoms with Gasteiger partial charge in [-0.25, -0.2) is 4.98 Å². The predicted molar refractivity (Wildman–Crippen MR) is 101 cm³/mol. The highest BCUT2D eigenvalue weighted by molar-refractivity contribution is 9.10. The van der Waals surface area contributed by atoms with E-state index in [4.69, 9.17) is 9.15 Å². The SMILES string of the molecule is Cc1oc(C)c(C(=O)Nc2nc(-c3ccc4c(c3)CCO4)cs2)c1Br. The first-order valence-corrected chi connectivity index (χ1v) is 9.48. The average Bonchev–Trinajstić information content (AvgIpc) is 3.27. The highest BCUT2D eigenvalue weighted by Gasteiger charge is 2.21. The Balaban J connectivity index is 1.56. The lowest BCUT2D eigenvalue weighted by Gasteiger charge is -2.02. The van der Waals surface area contributed by atoms with E-state index in [2.05, 4.69) is 32.3 Å². The molecule has 0 atom stereocenters. The molecule has 4 rings (SSSR count). The second kappa shape index (κ2) is 6.31. The van der Waals surface area contributed by atoms with E-state index in [-0.39, 0.29) is 5.91 Å². The van der Waals surface area contributed by atoms with Gasteiger partial charge in [-0.2, -0.15) is 0 Å². The van der Waals surface area contributed by atoms with Crippen molar-refractivity contribution in [1.29, 1.82) is 0 Å². The largest absolute Gasteiger partial charge is 0.493 e. The molecule has 5 nitrogen and oxygen atoms in total. The van der Waals surface area contributed by atoms with Crippen molar-refractivity contribution in [1.82, 2.24) is 4.98 Å². The molecule has 0 saturated heterocycles. The molecule has 0 fully saturated rings. The average molecular weight is 419 g/mol. The van der Waals surface area contributed by atoms with Crippen LogP contribution in [0.15, 0.2) is 32.5 Å². The fourth-order valence-electron chi connectivity index (χ4n) is 2.88. The summed E-state index contributed by atoms with van der Waals surface area (Å²) in [5.74, 6) is 1.98. The third-order valence-corrected chi connectivity index (χ3v) is 5.84. The molecule has 0 aliphatic carbocycles. The normalized spacial score (nSPS) is 12.8. The van der Waals surface area contributed by atoms with Crippen LogP contribution in [0.25, 0.3) is 11.3 Å². The van der Waals surface area contributed by atoms with Crippen molar-refractivity contribution >= 4 is 38.3 Å². The van der Waals surface area contributed by atoms with Gasteiger partial charge in [0, 0.05) is 17.4 Å². The van der Waals surface area contributed by atoms with Crippen LogP contribution in [-0.4, -0.2) is 17.5 Å². The van der Waals surface area contributed by atoms with Crippen LogP contribution >= 0.6 is 27.3 Å². The molecule has 1 aromatic carbocycles. The van der Waals surface area contributed by atoms with Crippen LogP contribution in [0.1, 0.15) is 27.4 Å². The number of carbonyl (C=O) groups is 1. The number of carbonyl (C=O) groups excluding carboxylic acids is 1. The van der Waals surface area contributed by atoms with Crippen molar-refractivity contribution < 1.29 is 13.9 Å². The molecule has 3 heterocycles. The minimum absolute atomic E-state index is 0.232. The molecule has 25 heavy (non-hydrogen) atoms. The number of fused-ring (bicyclic) bond motifs is 1. The van der Waals surface area contributed by atoms with E-state index in [0.717, 1.165) is 30.0 Å². The molecule has 0 bridgehead atoms. The summed E-state index contributed by atoms with van der Waals surface area (Å²) in [6.07, 6.45) is 0.921. The standard InChI is InChI=1S/C18H15BrN2O3S/c1-9-15(16(19)10(2)24-9)17(22)21-18-20-13(8-25-18)11-3-4-14-12(7-11)5-6-23-14/h3-4,7-8H,5-6H2,1-2H3,(H,20,21,22). The Morgan fingerprint density at radius 3 is 2.92 bits per heavy atom. The maximum absolute atomic E-state index is 12.5. The van der Waals surface area contributed by atoms with Gasteiger partial charge in [0.05, 0.1) is 22.3 Å². The summed E-state index contributed by atoms with van der Waals surface area (Å²) in [5, 5.41) is 5.35. The highest BCUT2D eigenvalue weighted by Crippen LogP contribution is 2.33. The molecule has 0 unspecified atom stereocenters. The topological polar surface area (TPSA) is 64.4 Å². The Morgan fingerprint density at radius 2 is 2.16 bits per heavy atom. The number of halogens is 1. The smallest absolute Gasteiger partial charge is 0.262 e. The van der Waals surface area contributed by atoms with Crippen LogP contribution in [0, 0.1) is 13.8 Å². The lowest BCUT2D eigenvalue weighted by Crippen LogP contribution is -2.12.